The molecule has 0 N–H and O–H groups in total. The first-order valence-corrected chi connectivity index (χ1v) is 12.7. The number of carbonyl (C=O) groups is 1. The minimum atomic E-state index is -3.76. The largest absolute Gasteiger partial charge is 0.336 e. The summed E-state index contributed by atoms with van der Waals surface area (Å²) in [6.45, 7) is 5.17. The van der Waals surface area contributed by atoms with Crippen LogP contribution in [0.5, 0.6) is 0 Å². The second kappa shape index (κ2) is 7.49. The van der Waals surface area contributed by atoms with Gasteiger partial charge in [0.15, 0.2) is 0 Å². The maximum atomic E-state index is 13.5. The zero-order valence-electron chi connectivity index (χ0n) is 17.5. The number of benzene rings is 1. The lowest BCUT2D eigenvalue weighted by Gasteiger charge is -2.27. The molecule has 1 amide bonds. The molecule has 9 heteroatoms. The summed E-state index contributed by atoms with van der Waals surface area (Å²) in [5.41, 5.74) is 3.89. The second-order valence-corrected chi connectivity index (χ2v) is 10.8. The Morgan fingerprint density at radius 3 is 2.74 bits per heavy atom. The first-order chi connectivity index (χ1) is 14.9. The van der Waals surface area contributed by atoms with Crippen LogP contribution >= 0.6 is 11.3 Å². The third-order valence-corrected chi connectivity index (χ3v) is 9.24. The number of aromatic nitrogens is 2. The van der Waals surface area contributed by atoms with Gasteiger partial charge in [-0.3, -0.25) is 13.8 Å². The van der Waals surface area contributed by atoms with Crippen LogP contribution in [0.4, 0.5) is 5.69 Å². The molecule has 5 rings (SSSR count). The van der Waals surface area contributed by atoms with E-state index in [0.29, 0.717) is 37.4 Å². The van der Waals surface area contributed by atoms with Gasteiger partial charge in [-0.1, -0.05) is 18.2 Å². The van der Waals surface area contributed by atoms with Crippen LogP contribution in [0.25, 0.3) is 0 Å². The van der Waals surface area contributed by atoms with Crippen LogP contribution in [-0.2, 0) is 40.7 Å². The summed E-state index contributed by atoms with van der Waals surface area (Å²) in [7, 11) is -3.76. The highest BCUT2D eigenvalue weighted by Gasteiger charge is 2.35. The standard InChI is InChI=1S/C22H24N4O3S2/c1-15-22(31(28,29)26-11-7-17-5-3-4-6-19(17)26)16(2)25(23-15)14-21(27)24-10-8-20-18(13-24)9-12-30-20/h3-6,9,12H,7-8,10-11,13-14H2,1-2H3. The number of fused-ring (bicyclic) bond motifs is 2. The van der Waals surface area contributed by atoms with Crippen molar-refractivity contribution in [3.05, 3.63) is 63.1 Å². The summed E-state index contributed by atoms with van der Waals surface area (Å²) in [5, 5.41) is 6.50. The van der Waals surface area contributed by atoms with Gasteiger partial charge in [-0.15, -0.1) is 11.3 Å². The molecule has 0 saturated heterocycles. The molecule has 0 aliphatic carbocycles. The van der Waals surface area contributed by atoms with Crippen molar-refractivity contribution in [2.75, 3.05) is 17.4 Å². The molecule has 3 aromatic rings. The molecule has 0 spiro atoms. The van der Waals surface area contributed by atoms with Crippen LogP contribution in [0.3, 0.4) is 0 Å². The molecule has 7 nitrogen and oxygen atoms in total. The number of thiophene rings is 1. The minimum absolute atomic E-state index is 0.0399. The molecule has 2 aliphatic rings. The van der Waals surface area contributed by atoms with E-state index in [0.717, 1.165) is 17.7 Å². The van der Waals surface area contributed by atoms with Gasteiger partial charge < -0.3 is 4.90 Å². The van der Waals surface area contributed by atoms with E-state index in [-0.39, 0.29) is 17.3 Å². The number of carbonyl (C=O) groups excluding carboxylic acids is 1. The Labute approximate surface area is 186 Å². The van der Waals surface area contributed by atoms with Gasteiger partial charge in [-0.2, -0.15) is 5.10 Å². The minimum Gasteiger partial charge on any atom is -0.336 e. The van der Waals surface area contributed by atoms with Gasteiger partial charge in [0.2, 0.25) is 5.91 Å². The fourth-order valence-electron chi connectivity index (χ4n) is 4.57. The fraction of sp³-hybridized carbons (Fsp3) is 0.364. The second-order valence-electron chi connectivity index (χ2n) is 8.05. The molecule has 2 aliphatic heterocycles. The highest BCUT2D eigenvalue weighted by Crippen LogP contribution is 2.34. The fourth-order valence-corrected chi connectivity index (χ4v) is 7.34. The topological polar surface area (TPSA) is 75.5 Å². The smallest absolute Gasteiger partial charge is 0.268 e. The lowest BCUT2D eigenvalue weighted by Crippen LogP contribution is -2.37. The summed E-state index contributed by atoms with van der Waals surface area (Å²) in [5.74, 6) is -0.0436. The van der Waals surface area contributed by atoms with Crippen molar-refractivity contribution in [1.82, 2.24) is 14.7 Å². The monoisotopic (exact) mass is 456 g/mol. The SMILES string of the molecule is Cc1nn(CC(=O)N2CCc3sccc3C2)c(C)c1S(=O)(=O)N1CCc2ccccc21. The predicted octanol–water partition coefficient (Wildman–Crippen LogP) is 2.90. The van der Waals surface area contributed by atoms with E-state index in [2.05, 4.69) is 16.5 Å². The number of anilines is 1. The van der Waals surface area contributed by atoms with Crippen LogP contribution in [0.2, 0.25) is 0 Å². The Balaban J connectivity index is 1.41. The van der Waals surface area contributed by atoms with E-state index in [1.807, 2.05) is 29.2 Å². The molecule has 1 aromatic carbocycles. The van der Waals surface area contributed by atoms with E-state index in [9.17, 15) is 13.2 Å². The molecule has 0 unspecified atom stereocenters. The van der Waals surface area contributed by atoms with Crippen molar-refractivity contribution in [3.8, 4) is 0 Å². The number of hydrogen-bond acceptors (Lipinski definition) is 5. The van der Waals surface area contributed by atoms with Gasteiger partial charge in [0.1, 0.15) is 11.4 Å². The van der Waals surface area contributed by atoms with Crippen LogP contribution < -0.4 is 4.31 Å². The summed E-state index contributed by atoms with van der Waals surface area (Å²) in [6, 6.07) is 9.65. The van der Waals surface area contributed by atoms with Crippen molar-refractivity contribution in [2.24, 2.45) is 0 Å². The lowest BCUT2D eigenvalue weighted by atomic mass is 10.1. The molecule has 4 heterocycles. The zero-order valence-corrected chi connectivity index (χ0v) is 19.2. The highest BCUT2D eigenvalue weighted by atomic mass is 32.2. The Morgan fingerprint density at radius 2 is 1.90 bits per heavy atom. The summed E-state index contributed by atoms with van der Waals surface area (Å²) in [6.07, 6.45) is 1.56. The van der Waals surface area contributed by atoms with Crippen LogP contribution in [0, 0.1) is 13.8 Å². The van der Waals surface area contributed by atoms with Gasteiger partial charge in [0.25, 0.3) is 10.0 Å². The number of sulfonamides is 1. The molecule has 0 atom stereocenters. The molecule has 2 aromatic heterocycles. The molecule has 0 saturated carbocycles. The first-order valence-electron chi connectivity index (χ1n) is 10.3. The van der Waals surface area contributed by atoms with Crippen LogP contribution in [0.15, 0.2) is 40.6 Å². The zero-order chi connectivity index (χ0) is 21.8. The number of amides is 1. The normalized spacial score (nSPS) is 15.8. The van der Waals surface area contributed by atoms with E-state index in [1.54, 1.807) is 25.2 Å². The van der Waals surface area contributed by atoms with Crippen molar-refractivity contribution in [2.45, 2.75) is 44.7 Å². The average molecular weight is 457 g/mol. The number of hydrogen-bond donors (Lipinski definition) is 0. The molecule has 162 valence electrons. The Hall–Kier alpha value is -2.65. The van der Waals surface area contributed by atoms with Gasteiger partial charge in [0.05, 0.1) is 17.1 Å². The van der Waals surface area contributed by atoms with Gasteiger partial charge >= 0.3 is 0 Å². The molecular formula is C22H24N4O3S2. The summed E-state index contributed by atoms with van der Waals surface area (Å²) in [4.78, 5) is 16.3. The van der Waals surface area contributed by atoms with E-state index in [4.69, 9.17) is 0 Å². The van der Waals surface area contributed by atoms with Gasteiger partial charge in [0, 0.05) is 24.5 Å². The molecular weight excluding hydrogens is 432 g/mol. The third kappa shape index (κ3) is 3.36. The molecule has 0 fully saturated rings. The predicted molar refractivity (Wildman–Crippen MR) is 120 cm³/mol. The summed E-state index contributed by atoms with van der Waals surface area (Å²) >= 11 is 1.73. The quantitative estimate of drug-likeness (QED) is 0.605. The maximum absolute atomic E-state index is 13.5. The lowest BCUT2D eigenvalue weighted by molar-refractivity contribution is -0.133. The Morgan fingerprint density at radius 1 is 1.10 bits per heavy atom. The van der Waals surface area contributed by atoms with E-state index < -0.39 is 10.0 Å². The van der Waals surface area contributed by atoms with Crippen LogP contribution in [-0.4, -0.2) is 42.1 Å². The van der Waals surface area contributed by atoms with Crippen molar-refractivity contribution in [1.29, 1.82) is 0 Å². The third-order valence-electron chi connectivity index (χ3n) is 6.15. The Bertz CT molecular complexity index is 1280. The number of aryl methyl sites for hydroxylation is 1. The van der Waals surface area contributed by atoms with Gasteiger partial charge in [-0.25, -0.2) is 8.42 Å². The molecule has 31 heavy (non-hydrogen) atoms. The maximum Gasteiger partial charge on any atom is 0.268 e. The van der Waals surface area contributed by atoms with Gasteiger partial charge in [-0.05, 0) is 55.3 Å². The summed E-state index contributed by atoms with van der Waals surface area (Å²) < 4.78 is 30.1. The number of nitrogens with zero attached hydrogens (tertiary/aromatic N) is 4. The van der Waals surface area contributed by atoms with Crippen molar-refractivity contribution < 1.29 is 13.2 Å². The van der Waals surface area contributed by atoms with Crippen molar-refractivity contribution in [3.63, 3.8) is 0 Å². The van der Waals surface area contributed by atoms with E-state index in [1.165, 1.54) is 19.4 Å². The molecule has 0 bridgehead atoms. The van der Waals surface area contributed by atoms with Crippen LogP contribution in [0.1, 0.15) is 27.4 Å². The van der Waals surface area contributed by atoms with E-state index >= 15 is 0 Å². The van der Waals surface area contributed by atoms with Crippen molar-refractivity contribution >= 4 is 33.0 Å². The Kier molecular flexibility index (Phi) is 4.90. The number of rotatable bonds is 4. The highest BCUT2D eigenvalue weighted by molar-refractivity contribution is 7.93. The average Bonchev–Trinajstić information content (AvgIpc) is 3.45. The molecule has 0 radical (unpaired) electrons. The number of para-hydroxylation sites is 1. The first kappa shape index (κ1) is 20.3.